The maximum Gasteiger partial charge on any atom is 0.0574 e. The minimum atomic E-state index is 0.630. The van der Waals surface area contributed by atoms with E-state index in [-0.39, 0.29) is 0 Å². The minimum absolute atomic E-state index is 0.630. The summed E-state index contributed by atoms with van der Waals surface area (Å²) in [5.41, 5.74) is 1.26. The molecule has 0 bridgehead atoms. The Morgan fingerprint density at radius 3 is 3.06 bits per heavy atom. The Kier molecular flexibility index (Phi) is 3.66. The maximum atomic E-state index is 5.17. The molecule has 1 N–H and O–H groups in total. The van der Waals surface area contributed by atoms with Gasteiger partial charge in [0.2, 0.25) is 0 Å². The average Bonchev–Trinajstić information content (AvgIpc) is 2.67. The molecule has 0 aliphatic heterocycles. The highest BCUT2D eigenvalue weighted by atomic mass is 79.9. The summed E-state index contributed by atoms with van der Waals surface area (Å²) < 4.78 is 3.34. The number of halogens is 1. The summed E-state index contributed by atoms with van der Waals surface area (Å²) in [6, 6.07) is 8.44. The van der Waals surface area contributed by atoms with Gasteiger partial charge in [-0.05, 0) is 24.3 Å². The van der Waals surface area contributed by atoms with Crippen molar-refractivity contribution in [3.63, 3.8) is 0 Å². The van der Waals surface area contributed by atoms with Gasteiger partial charge in [-0.2, -0.15) is 0 Å². The van der Waals surface area contributed by atoms with Crippen LogP contribution in [0.4, 0.5) is 0 Å². The SMILES string of the molecule is C#CCNCCn1ccc2cc(Br)ccc21. The summed E-state index contributed by atoms with van der Waals surface area (Å²) in [5.74, 6) is 2.57. The lowest BCUT2D eigenvalue weighted by molar-refractivity contribution is 0.644. The van der Waals surface area contributed by atoms with Crippen molar-refractivity contribution in [1.29, 1.82) is 0 Å². The zero-order chi connectivity index (χ0) is 11.4. The molecule has 0 saturated carbocycles. The first kappa shape index (κ1) is 11.3. The molecule has 16 heavy (non-hydrogen) atoms. The topological polar surface area (TPSA) is 17.0 Å². The van der Waals surface area contributed by atoms with Crippen LogP contribution in [0, 0.1) is 12.3 Å². The number of terminal acetylenes is 1. The maximum absolute atomic E-state index is 5.17. The average molecular weight is 277 g/mol. The molecule has 1 aromatic heterocycles. The molecular formula is C13H13BrN2. The summed E-state index contributed by atoms with van der Waals surface area (Å²) >= 11 is 3.47. The van der Waals surface area contributed by atoms with E-state index in [1.165, 1.54) is 10.9 Å². The molecule has 1 aromatic carbocycles. The van der Waals surface area contributed by atoms with Gasteiger partial charge >= 0.3 is 0 Å². The van der Waals surface area contributed by atoms with Crippen molar-refractivity contribution in [3.8, 4) is 12.3 Å². The van der Waals surface area contributed by atoms with E-state index in [0.717, 1.165) is 17.6 Å². The van der Waals surface area contributed by atoms with Crippen molar-refractivity contribution in [1.82, 2.24) is 9.88 Å². The smallest absolute Gasteiger partial charge is 0.0574 e. The zero-order valence-corrected chi connectivity index (χ0v) is 10.5. The van der Waals surface area contributed by atoms with Crippen LogP contribution in [0.2, 0.25) is 0 Å². The van der Waals surface area contributed by atoms with Crippen LogP contribution in [0.25, 0.3) is 10.9 Å². The molecule has 82 valence electrons. The van der Waals surface area contributed by atoms with Crippen molar-refractivity contribution in [3.05, 3.63) is 34.9 Å². The largest absolute Gasteiger partial charge is 0.346 e. The van der Waals surface area contributed by atoms with E-state index in [1.807, 2.05) is 0 Å². The third kappa shape index (κ3) is 2.46. The summed E-state index contributed by atoms with van der Waals surface area (Å²) in [6.07, 6.45) is 7.28. The van der Waals surface area contributed by atoms with Gasteiger partial charge in [-0.1, -0.05) is 21.9 Å². The standard InChI is InChI=1S/C13H13BrN2/c1-2-6-15-7-9-16-8-5-11-10-12(14)3-4-13(11)16/h1,3-5,8,10,15H,6-7,9H2. The molecule has 1 heterocycles. The summed E-state index contributed by atoms with van der Waals surface area (Å²) in [7, 11) is 0. The van der Waals surface area contributed by atoms with E-state index < -0.39 is 0 Å². The fraction of sp³-hybridized carbons (Fsp3) is 0.231. The molecule has 3 heteroatoms. The van der Waals surface area contributed by atoms with Gasteiger partial charge in [0, 0.05) is 34.7 Å². The number of hydrogen-bond donors (Lipinski definition) is 1. The van der Waals surface area contributed by atoms with Gasteiger partial charge in [0.25, 0.3) is 0 Å². The Bertz CT molecular complexity index is 522. The van der Waals surface area contributed by atoms with Crippen LogP contribution in [0.3, 0.4) is 0 Å². The van der Waals surface area contributed by atoms with E-state index in [4.69, 9.17) is 6.42 Å². The molecule has 0 aliphatic carbocycles. The highest BCUT2D eigenvalue weighted by molar-refractivity contribution is 9.10. The lowest BCUT2D eigenvalue weighted by Gasteiger charge is -2.05. The molecule has 0 amide bonds. The van der Waals surface area contributed by atoms with Crippen LogP contribution in [0.15, 0.2) is 34.9 Å². The third-order valence-electron chi connectivity index (χ3n) is 2.49. The second-order valence-electron chi connectivity index (χ2n) is 3.59. The fourth-order valence-corrected chi connectivity index (χ4v) is 2.10. The van der Waals surface area contributed by atoms with Crippen molar-refractivity contribution >= 4 is 26.8 Å². The first-order valence-electron chi connectivity index (χ1n) is 5.20. The number of rotatable bonds is 4. The molecule has 0 saturated heterocycles. The number of hydrogen-bond acceptors (Lipinski definition) is 1. The Morgan fingerprint density at radius 1 is 1.38 bits per heavy atom. The highest BCUT2D eigenvalue weighted by Gasteiger charge is 2.00. The van der Waals surface area contributed by atoms with Crippen molar-refractivity contribution < 1.29 is 0 Å². The van der Waals surface area contributed by atoms with Crippen LogP contribution < -0.4 is 5.32 Å². The number of nitrogens with zero attached hydrogens (tertiary/aromatic N) is 1. The Labute approximate surface area is 104 Å². The van der Waals surface area contributed by atoms with Crippen LogP contribution in [0.1, 0.15) is 0 Å². The molecule has 0 radical (unpaired) electrons. The monoisotopic (exact) mass is 276 g/mol. The second-order valence-corrected chi connectivity index (χ2v) is 4.51. The molecular weight excluding hydrogens is 264 g/mol. The van der Waals surface area contributed by atoms with E-state index in [1.54, 1.807) is 0 Å². The highest BCUT2D eigenvalue weighted by Crippen LogP contribution is 2.20. The fourth-order valence-electron chi connectivity index (χ4n) is 1.73. The first-order valence-corrected chi connectivity index (χ1v) is 5.99. The van der Waals surface area contributed by atoms with E-state index >= 15 is 0 Å². The second kappa shape index (κ2) is 5.20. The van der Waals surface area contributed by atoms with Crippen LogP contribution in [0.5, 0.6) is 0 Å². The van der Waals surface area contributed by atoms with Crippen molar-refractivity contribution in [2.45, 2.75) is 6.54 Å². The molecule has 0 unspecified atom stereocenters. The lowest BCUT2D eigenvalue weighted by Crippen LogP contribution is -2.19. The van der Waals surface area contributed by atoms with E-state index in [9.17, 15) is 0 Å². The predicted molar refractivity (Wildman–Crippen MR) is 71.3 cm³/mol. The van der Waals surface area contributed by atoms with Gasteiger partial charge in [-0.25, -0.2) is 0 Å². The quantitative estimate of drug-likeness (QED) is 0.671. The van der Waals surface area contributed by atoms with Gasteiger partial charge in [-0.15, -0.1) is 6.42 Å². The summed E-state index contributed by atoms with van der Waals surface area (Å²) in [6.45, 7) is 2.46. The van der Waals surface area contributed by atoms with Gasteiger partial charge in [0.1, 0.15) is 0 Å². The minimum Gasteiger partial charge on any atom is -0.346 e. The molecule has 2 nitrogen and oxygen atoms in total. The molecule has 0 aliphatic rings. The van der Waals surface area contributed by atoms with Gasteiger partial charge in [0.15, 0.2) is 0 Å². The number of aromatic nitrogens is 1. The van der Waals surface area contributed by atoms with E-state index in [0.29, 0.717) is 6.54 Å². The molecule has 2 aromatic rings. The van der Waals surface area contributed by atoms with Crippen LogP contribution in [-0.4, -0.2) is 17.7 Å². The Balaban J connectivity index is 2.10. The van der Waals surface area contributed by atoms with Crippen molar-refractivity contribution in [2.75, 3.05) is 13.1 Å². The predicted octanol–water partition coefficient (Wildman–Crippen LogP) is 2.63. The van der Waals surface area contributed by atoms with Crippen LogP contribution in [-0.2, 0) is 6.54 Å². The van der Waals surface area contributed by atoms with Gasteiger partial charge < -0.3 is 9.88 Å². The molecule has 0 spiro atoms. The number of nitrogens with one attached hydrogen (secondary N) is 1. The Morgan fingerprint density at radius 2 is 2.25 bits per heavy atom. The number of fused-ring (bicyclic) bond motifs is 1. The van der Waals surface area contributed by atoms with E-state index in [2.05, 4.69) is 62.2 Å². The van der Waals surface area contributed by atoms with Gasteiger partial charge in [0.05, 0.1) is 6.54 Å². The van der Waals surface area contributed by atoms with Crippen LogP contribution >= 0.6 is 15.9 Å². The lowest BCUT2D eigenvalue weighted by atomic mass is 10.2. The molecule has 2 rings (SSSR count). The first-order chi connectivity index (χ1) is 7.81. The summed E-state index contributed by atoms with van der Waals surface area (Å²) in [4.78, 5) is 0. The summed E-state index contributed by atoms with van der Waals surface area (Å²) in [5, 5.41) is 4.44. The number of benzene rings is 1. The zero-order valence-electron chi connectivity index (χ0n) is 8.91. The molecule has 0 fully saturated rings. The normalized spacial score (nSPS) is 10.5. The van der Waals surface area contributed by atoms with Crippen molar-refractivity contribution in [2.24, 2.45) is 0 Å². The molecule has 0 atom stereocenters. The Hall–Kier alpha value is -1.24. The van der Waals surface area contributed by atoms with Gasteiger partial charge in [-0.3, -0.25) is 0 Å². The third-order valence-corrected chi connectivity index (χ3v) is 2.98.